The first-order valence-electron chi connectivity index (χ1n) is 7.92. The molecule has 2 rings (SSSR count). The first-order valence-corrected chi connectivity index (χ1v) is 7.92. The molecule has 0 bridgehead atoms. The molecule has 2 heterocycles. The van der Waals surface area contributed by atoms with E-state index in [1.807, 2.05) is 0 Å². The Balaban J connectivity index is 1.69. The Hall–Kier alpha value is -0.650. The molecule has 0 spiro atoms. The van der Waals surface area contributed by atoms with Gasteiger partial charge in [-0.1, -0.05) is 0 Å². The number of carbonyl (C=O) groups excluding carboxylic acids is 1. The van der Waals surface area contributed by atoms with Gasteiger partial charge in [0, 0.05) is 45.8 Å². The van der Waals surface area contributed by atoms with E-state index in [9.17, 15) is 4.79 Å². The van der Waals surface area contributed by atoms with Gasteiger partial charge in [-0.3, -0.25) is 9.69 Å². The lowest BCUT2D eigenvalue weighted by Gasteiger charge is -2.39. The first-order chi connectivity index (χ1) is 9.70. The number of hydrogen-bond donors (Lipinski definition) is 1. The molecule has 2 aliphatic heterocycles. The molecule has 0 saturated carbocycles. The number of rotatable bonds is 6. The van der Waals surface area contributed by atoms with E-state index in [4.69, 9.17) is 4.74 Å². The average Bonchev–Trinajstić information content (AvgIpc) is 2.96. The summed E-state index contributed by atoms with van der Waals surface area (Å²) in [6.45, 7) is 8.86. The third kappa shape index (κ3) is 4.43. The van der Waals surface area contributed by atoms with Crippen molar-refractivity contribution in [1.82, 2.24) is 15.1 Å². The lowest BCUT2D eigenvalue weighted by molar-refractivity contribution is -0.134. The molecule has 5 heteroatoms. The number of amides is 1. The molecule has 0 radical (unpaired) electrons. The summed E-state index contributed by atoms with van der Waals surface area (Å²) < 4.78 is 5.13. The van der Waals surface area contributed by atoms with E-state index in [0.29, 0.717) is 17.9 Å². The largest absolute Gasteiger partial charge is 0.383 e. The zero-order chi connectivity index (χ0) is 14.4. The van der Waals surface area contributed by atoms with Gasteiger partial charge in [-0.25, -0.2) is 0 Å². The standard InChI is InChI=1S/C15H29N3O2/c1-13-12-18(8-7-17(13)9-10-20-2)15(19)4-3-14-5-6-16-11-14/h13-14,16H,3-12H2,1-2H3. The van der Waals surface area contributed by atoms with Crippen LogP contribution in [0.1, 0.15) is 26.2 Å². The summed E-state index contributed by atoms with van der Waals surface area (Å²) in [5.74, 6) is 1.05. The maximum Gasteiger partial charge on any atom is 0.222 e. The van der Waals surface area contributed by atoms with Crippen LogP contribution in [-0.4, -0.2) is 74.7 Å². The molecular formula is C15H29N3O2. The Bertz CT molecular complexity index is 305. The van der Waals surface area contributed by atoms with Crippen molar-refractivity contribution in [2.24, 2.45) is 5.92 Å². The maximum atomic E-state index is 12.3. The molecule has 5 nitrogen and oxygen atoms in total. The summed E-state index contributed by atoms with van der Waals surface area (Å²) in [7, 11) is 1.74. The smallest absolute Gasteiger partial charge is 0.222 e. The van der Waals surface area contributed by atoms with Crippen LogP contribution in [0.4, 0.5) is 0 Å². The van der Waals surface area contributed by atoms with E-state index in [1.165, 1.54) is 6.42 Å². The van der Waals surface area contributed by atoms with E-state index in [1.54, 1.807) is 7.11 Å². The summed E-state index contributed by atoms with van der Waals surface area (Å²) in [5, 5.41) is 3.36. The molecule has 116 valence electrons. The molecule has 2 saturated heterocycles. The zero-order valence-electron chi connectivity index (χ0n) is 12.9. The van der Waals surface area contributed by atoms with Crippen molar-refractivity contribution < 1.29 is 9.53 Å². The van der Waals surface area contributed by atoms with Crippen molar-refractivity contribution in [3.63, 3.8) is 0 Å². The Morgan fingerprint density at radius 3 is 2.90 bits per heavy atom. The molecular weight excluding hydrogens is 254 g/mol. The molecule has 0 aliphatic carbocycles. The predicted octanol–water partition coefficient (Wildman–Crippen LogP) is 0.555. The van der Waals surface area contributed by atoms with Gasteiger partial charge in [0.05, 0.1) is 6.61 Å². The summed E-state index contributed by atoms with van der Waals surface area (Å²) >= 11 is 0. The summed E-state index contributed by atoms with van der Waals surface area (Å²) in [4.78, 5) is 16.7. The second kappa shape index (κ2) is 7.96. The number of methoxy groups -OCH3 is 1. The van der Waals surface area contributed by atoms with Gasteiger partial charge >= 0.3 is 0 Å². The summed E-state index contributed by atoms with van der Waals surface area (Å²) in [6, 6.07) is 0.441. The number of hydrogen-bond acceptors (Lipinski definition) is 4. The minimum Gasteiger partial charge on any atom is -0.383 e. The van der Waals surface area contributed by atoms with Crippen LogP contribution in [0.15, 0.2) is 0 Å². The van der Waals surface area contributed by atoms with Crippen LogP contribution in [0, 0.1) is 5.92 Å². The van der Waals surface area contributed by atoms with Crippen molar-refractivity contribution in [2.75, 3.05) is 53.0 Å². The van der Waals surface area contributed by atoms with Gasteiger partial charge in [-0.2, -0.15) is 0 Å². The van der Waals surface area contributed by atoms with Crippen LogP contribution in [0.5, 0.6) is 0 Å². The third-order valence-corrected chi connectivity index (χ3v) is 4.63. The first kappa shape index (κ1) is 15.7. The average molecular weight is 283 g/mol. The summed E-state index contributed by atoms with van der Waals surface area (Å²) in [6.07, 6.45) is 3.00. The van der Waals surface area contributed by atoms with Crippen LogP contribution in [0.2, 0.25) is 0 Å². The maximum absolute atomic E-state index is 12.3. The zero-order valence-corrected chi connectivity index (χ0v) is 12.9. The molecule has 20 heavy (non-hydrogen) atoms. The number of nitrogens with one attached hydrogen (secondary N) is 1. The van der Waals surface area contributed by atoms with Crippen molar-refractivity contribution in [2.45, 2.75) is 32.2 Å². The minimum absolute atomic E-state index is 0.343. The SMILES string of the molecule is COCCN1CCN(C(=O)CCC2CCNC2)CC1C. The quantitative estimate of drug-likeness (QED) is 0.773. The third-order valence-electron chi connectivity index (χ3n) is 4.63. The van der Waals surface area contributed by atoms with Gasteiger partial charge in [-0.05, 0) is 38.8 Å². The molecule has 1 amide bonds. The highest BCUT2D eigenvalue weighted by molar-refractivity contribution is 5.76. The van der Waals surface area contributed by atoms with Crippen molar-refractivity contribution in [1.29, 1.82) is 0 Å². The fourth-order valence-electron chi connectivity index (χ4n) is 3.21. The molecule has 1 N–H and O–H groups in total. The van der Waals surface area contributed by atoms with Crippen LogP contribution in [0.3, 0.4) is 0 Å². The van der Waals surface area contributed by atoms with Crippen molar-refractivity contribution >= 4 is 5.91 Å². The van der Waals surface area contributed by atoms with Gasteiger partial charge in [-0.15, -0.1) is 0 Å². The number of piperazine rings is 1. The van der Waals surface area contributed by atoms with Gasteiger partial charge < -0.3 is 15.0 Å². The van der Waals surface area contributed by atoms with Crippen LogP contribution < -0.4 is 5.32 Å². The Morgan fingerprint density at radius 1 is 1.40 bits per heavy atom. The topological polar surface area (TPSA) is 44.8 Å². The van der Waals surface area contributed by atoms with Gasteiger partial charge in [0.2, 0.25) is 5.91 Å². The lowest BCUT2D eigenvalue weighted by atomic mass is 10.0. The lowest BCUT2D eigenvalue weighted by Crippen LogP contribution is -2.54. The minimum atomic E-state index is 0.343. The van der Waals surface area contributed by atoms with E-state index in [0.717, 1.165) is 58.7 Å². The number of carbonyl (C=O) groups is 1. The van der Waals surface area contributed by atoms with Gasteiger partial charge in [0.25, 0.3) is 0 Å². The molecule has 2 unspecified atom stereocenters. The van der Waals surface area contributed by atoms with Crippen molar-refractivity contribution in [3.8, 4) is 0 Å². The highest BCUT2D eigenvalue weighted by Crippen LogP contribution is 2.17. The van der Waals surface area contributed by atoms with E-state index in [2.05, 4.69) is 22.0 Å². The Kier molecular flexibility index (Phi) is 6.26. The van der Waals surface area contributed by atoms with E-state index < -0.39 is 0 Å². The number of ether oxygens (including phenoxy) is 1. The molecule has 0 aromatic rings. The van der Waals surface area contributed by atoms with Crippen LogP contribution >= 0.6 is 0 Å². The second-order valence-corrected chi connectivity index (χ2v) is 6.12. The molecule has 2 aliphatic rings. The highest BCUT2D eigenvalue weighted by atomic mass is 16.5. The van der Waals surface area contributed by atoms with Crippen LogP contribution in [0.25, 0.3) is 0 Å². The monoisotopic (exact) mass is 283 g/mol. The molecule has 2 atom stereocenters. The molecule has 2 fully saturated rings. The predicted molar refractivity (Wildman–Crippen MR) is 79.7 cm³/mol. The van der Waals surface area contributed by atoms with E-state index >= 15 is 0 Å². The second-order valence-electron chi connectivity index (χ2n) is 6.12. The Labute approximate surface area is 122 Å². The number of nitrogens with zero attached hydrogens (tertiary/aromatic N) is 2. The van der Waals surface area contributed by atoms with Gasteiger partial charge in [0.15, 0.2) is 0 Å². The molecule has 0 aromatic heterocycles. The fraction of sp³-hybridized carbons (Fsp3) is 0.933. The summed E-state index contributed by atoms with van der Waals surface area (Å²) in [5.41, 5.74) is 0. The van der Waals surface area contributed by atoms with Crippen molar-refractivity contribution in [3.05, 3.63) is 0 Å². The van der Waals surface area contributed by atoms with Gasteiger partial charge in [0.1, 0.15) is 0 Å². The normalized spacial score (nSPS) is 28.0. The fourth-order valence-corrected chi connectivity index (χ4v) is 3.21. The van der Waals surface area contributed by atoms with E-state index in [-0.39, 0.29) is 0 Å². The highest BCUT2D eigenvalue weighted by Gasteiger charge is 2.26. The molecule has 0 aromatic carbocycles. The Morgan fingerprint density at radius 2 is 2.25 bits per heavy atom. The van der Waals surface area contributed by atoms with Crippen LogP contribution in [-0.2, 0) is 9.53 Å².